The maximum Gasteiger partial charge on any atom is 0.251 e. The first-order valence-electron chi connectivity index (χ1n) is 4.99. The van der Waals surface area contributed by atoms with Gasteiger partial charge in [0.15, 0.2) is 0 Å². The molecular weight excluding hydrogens is 190 g/mol. The fourth-order valence-corrected chi connectivity index (χ4v) is 1.09. The molecule has 0 amide bonds. The van der Waals surface area contributed by atoms with E-state index in [-0.39, 0.29) is 5.56 Å². The summed E-state index contributed by atoms with van der Waals surface area (Å²) >= 11 is 0. The zero-order valence-electron chi connectivity index (χ0n) is 9.66. The van der Waals surface area contributed by atoms with Gasteiger partial charge >= 0.3 is 0 Å². The Labute approximate surface area is 89.7 Å². The van der Waals surface area contributed by atoms with E-state index >= 15 is 0 Å². The van der Waals surface area contributed by atoms with Crippen LogP contribution in [-0.2, 0) is 0 Å². The Morgan fingerprint density at radius 2 is 2.20 bits per heavy atom. The van der Waals surface area contributed by atoms with E-state index in [9.17, 15) is 4.79 Å². The molecule has 0 fully saturated rings. The summed E-state index contributed by atoms with van der Waals surface area (Å²) in [4.78, 5) is 20.3. The molecule has 0 aliphatic rings. The largest absolute Gasteiger partial charge is 0.366 e. The van der Waals surface area contributed by atoms with Crippen LogP contribution in [0.5, 0.6) is 0 Å². The molecule has 0 aromatic carbocycles. The number of nitrogens with zero attached hydrogens (tertiary/aromatic N) is 2. The average Bonchev–Trinajstić information content (AvgIpc) is 2.21. The summed E-state index contributed by atoms with van der Waals surface area (Å²) in [5.74, 6) is 0. The highest BCUT2D eigenvalue weighted by Crippen LogP contribution is 2.14. The lowest BCUT2D eigenvalue weighted by molar-refractivity contribution is 0.552. The molecule has 1 heterocycles. The number of hydrogen-bond donors (Lipinski definition) is 1. The molecule has 1 N–H and O–H groups in total. The minimum absolute atomic E-state index is 0.0460. The van der Waals surface area contributed by atoms with Gasteiger partial charge < -0.3 is 9.88 Å². The van der Waals surface area contributed by atoms with Crippen LogP contribution in [0.3, 0.4) is 0 Å². The standard InChI is InChI=1S/C11H17N3O/c1-5-14(4)7-12-10-6-8(2)11(15)13-9(10)3/h6-7H,5H2,1-4H3,(H,13,15). The third-order valence-electron chi connectivity index (χ3n) is 2.29. The van der Waals surface area contributed by atoms with Crippen molar-refractivity contribution in [1.82, 2.24) is 9.88 Å². The van der Waals surface area contributed by atoms with Gasteiger partial charge in [-0.05, 0) is 26.8 Å². The van der Waals surface area contributed by atoms with Crippen molar-refractivity contribution in [2.75, 3.05) is 13.6 Å². The topological polar surface area (TPSA) is 48.5 Å². The van der Waals surface area contributed by atoms with Gasteiger partial charge in [0.05, 0.1) is 12.0 Å². The minimum Gasteiger partial charge on any atom is -0.366 e. The molecule has 0 saturated carbocycles. The lowest BCUT2D eigenvalue weighted by atomic mass is 10.2. The van der Waals surface area contributed by atoms with E-state index in [4.69, 9.17) is 0 Å². The molecule has 1 rings (SSSR count). The number of rotatable bonds is 3. The van der Waals surface area contributed by atoms with Gasteiger partial charge in [-0.2, -0.15) is 0 Å². The van der Waals surface area contributed by atoms with Crippen LogP contribution in [0.25, 0.3) is 0 Å². The Morgan fingerprint density at radius 1 is 1.53 bits per heavy atom. The molecule has 82 valence electrons. The molecule has 0 bridgehead atoms. The SMILES string of the molecule is CCN(C)C=Nc1cc(C)c(=O)[nH]c1C. The van der Waals surface area contributed by atoms with Crippen LogP contribution in [0.1, 0.15) is 18.2 Å². The van der Waals surface area contributed by atoms with Crippen molar-refractivity contribution in [3.05, 3.63) is 27.7 Å². The highest BCUT2D eigenvalue weighted by atomic mass is 16.1. The van der Waals surface area contributed by atoms with Crippen LogP contribution in [0.2, 0.25) is 0 Å². The third kappa shape index (κ3) is 2.94. The maximum absolute atomic E-state index is 11.3. The maximum atomic E-state index is 11.3. The quantitative estimate of drug-likeness (QED) is 0.604. The highest BCUT2D eigenvalue weighted by Gasteiger charge is 2.00. The molecule has 0 spiro atoms. The molecule has 0 radical (unpaired) electrons. The van der Waals surface area contributed by atoms with Crippen molar-refractivity contribution >= 4 is 12.0 Å². The Kier molecular flexibility index (Phi) is 3.66. The van der Waals surface area contributed by atoms with Gasteiger partial charge in [0, 0.05) is 24.8 Å². The smallest absolute Gasteiger partial charge is 0.251 e. The number of aliphatic imine (C=N–C) groups is 1. The first kappa shape index (κ1) is 11.5. The lowest BCUT2D eigenvalue weighted by Gasteiger charge is -2.08. The van der Waals surface area contributed by atoms with Gasteiger partial charge in [-0.3, -0.25) is 4.79 Å². The predicted molar refractivity (Wildman–Crippen MR) is 63.0 cm³/mol. The van der Waals surface area contributed by atoms with Crippen LogP contribution >= 0.6 is 0 Å². The third-order valence-corrected chi connectivity index (χ3v) is 2.29. The van der Waals surface area contributed by atoms with Crippen LogP contribution in [0.15, 0.2) is 15.9 Å². The van der Waals surface area contributed by atoms with Crippen LogP contribution in [-0.4, -0.2) is 29.8 Å². The predicted octanol–water partition coefficient (Wildman–Crippen LogP) is 1.60. The second-order valence-electron chi connectivity index (χ2n) is 3.61. The number of aromatic nitrogens is 1. The van der Waals surface area contributed by atoms with Crippen molar-refractivity contribution in [2.24, 2.45) is 4.99 Å². The summed E-state index contributed by atoms with van der Waals surface area (Å²) in [5, 5.41) is 0. The summed E-state index contributed by atoms with van der Waals surface area (Å²) < 4.78 is 0. The summed E-state index contributed by atoms with van der Waals surface area (Å²) in [6.45, 7) is 6.59. The Bertz CT molecular complexity index is 420. The van der Waals surface area contributed by atoms with E-state index in [0.29, 0.717) is 5.56 Å². The van der Waals surface area contributed by atoms with Crippen LogP contribution in [0.4, 0.5) is 5.69 Å². The Hall–Kier alpha value is -1.58. The molecule has 0 atom stereocenters. The van der Waals surface area contributed by atoms with E-state index in [0.717, 1.165) is 17.9 Å². The van der Waals surface area contributed by atoms with E-state index in [1.165, 1.54) is 0 Å². The molecule has 4 nitrogen and oxygen atoms in total. The molecule has 0 unspecified atom stereocenters. The van der Waals surface area contributed by atoms with E-state index in [2.05, 4.69) is 16.9 Å². The number of pyridine rings is 1. The Balaban J connectivity index is 3.00. The van der Waals surface area contributed by atoms with E-state index in [1.807, 2.05) is 18.9 Å². The zero-order chi connectivity index (χ0) is 11.4. The number of aromatic amines is 1. The van der Waals surface area contributed by atoms with Crippen molar-refractivity contribution < 1.29 is 0 Å². The van der Waals surface area contributed by atoms with Crippen molar-refractivity contribution in [2.45, 2.75) is 20.8 Å². The van der Waals surface area contributed by atoms with Crippen LogP contribution in [0, 0.1) is 13.8 Å². The van der Waals surface area contributed by atoms with Crippen molar-refractivity contribution in [3.63, 3.8) is 0 Å². The van der Waals surface area contributed by atoms with Gasteiger partial charge in [-0.15, -0.1) is 0 Å². The van der Waals surface area contributed by atoms with Gasteiger partial charge in [0.2, 0.25) is 0 Å². The fourth-order valence-electron chi connectivity index (χ4n) is 1.09. The average molecular weight is 207 g/mol. The number of nitrogens with one attached hydrogen (secondary N) is 1. The van der Waals surface area contributed by atoms with Gasteiger partial charge in [-0.25, -0.2) is 4.99 Å². The first-order chi connectivity index (χ1) is 7.04. The fraction of sp³-hybridized carbons (Fsp3) is 0.455. The van der Waals surface area contributed by atoms with Crippen LogP contribution < -0.4 is 5.56 Å². The minimum atomic E-state index is -0.0460. The second-order valence-corrected chi connectivity index (χ2v) is 3.61. The molecule has 0 saturated heterocycles. The summed E-state index contributed by atoms with van der Waals surface area (Å²) in [5.41, 5.74) is 2.25. The molecule has 0 aliphatic carbocycles. The summed E-state index contributed by atoms with van der Waals surface area (Å²) in [6.07, 6.45) is 1.76. The normalized spacial score (nSPS) is 10.9. The summed E-state index contributed by atoms with van der Waals surface area (Å²) in [7, 11) is 1.96. The number of aryl methyl sites for hydroxylation is 2. The van der Waals surface area contributed by atoms with E-state index in [1.54, 1.807) is 19.3 Å². The lowest BCUT2D eigenvalue weighted by Crippen LogP contribution is -2.15. The zero-order valence-corrected chi connectivity index (χ0v) is 9.66. The molecular formula is C11H17N3O. The van der Waals surface area contributed by atoms with E-state index < -0.39 is 0 Å². The Morgan fingerprint density at radius 3 is 2.80 bits per heavy atom. The first-order valence-corrected chi connectivity index (χ1v) is 4.99. The number of H-pyrrole nitrogens is 1. The monoisotopic (exact) mass is 207 g/mol. The number of hydrogen-bond acceptors (Lipinski definition) is 2. The van der Waals surface area contributed by atoms with Gasteiger partial charge in [0.25, 0.3) is 5.56 Å². The molecule has 1 aromatic rings. The van der Waals surface area contributed by atoms with Gasteiger partial charge in [-0.1, -0.05) is 0 Å². The summed E-state index contributed by atoms with van der Waals surface area (Å²) in [6, 6.07) is 1.80. The second kappa shape index (κ2) is 4.77. The molecule has 15 heavy (non-hydrogen) atoms. The molecule has 4 heteroatoms. The molecule has 0 aliphatic heterocycles. The van der Waals surface area contributed by atoms with Crippen molar-refractivity contribution in [1.29, 1.82) is 0 Å². The van der Waals surface area contributed by atoms with Crippen molar-refractivity contribution in [3.8, 4) is 0 Å². The van der Waals surface area contributed by atoms with Gasteiger partial charge in [0.1, 0.15) is 0 Å². The highest BCUT2D eigenvalue weighted by molar-refractivity contribution is 5.62. The molecule has 1 aromatic heterocycles.